The Labute approximate surface area is 128 Å². The van der Waals surface area contributed by atoms with E-state index < -0.39 is 0 Å². The molecule has 1 aromatic rings. The van der Waals surface area contributed by atoms with Crippen molar-refractivity contribution in [3.05, 3.63) is 29.8 Å². The average Bonchev–Trinajstić information content (AvgIpc) is 2.43. The first kappa shape index (κ1) is 17.5. The van der Waals surface area contributed by atoms with Crippen molar-refractivity contribution in [2.45, 2.75) is 34.2 Å². The number of hydrogen-bond acceptors (Lipinski definition) is 3. The van der Waals surface area contributed by atoms with Gasteiger partial charge in [0.15, 0.2) is 6.61 Å². The Morgan fingerprint density at radius 1 is 1.10 bits per heavy atom. The fourth-order valence-corrected chi connectivity index (χ4v) is 1.80. The zero-order valence-corrected chi connectivity index (χ0v) is 13.6. The van der Waals surface area contributed by atoms with Crippen LogP contribution in [0.2, 0.25) is 0 Å². The van der Waals surface area contributed by atoms with E-state index in [1.807, 2.05) is 24.3 Å². The molecule has 2 N–H and O–H groups in total. The van der Waals surface area contributed by atoms with Gasteiger partial charge in [-0.3, -0.25) is 4.79 Å². The molecule has 0 heterocycles. The van der Waals surface area contributed by atoms with Crippen LogP contribution in [0.15, 0.2) is 24.3 Å². The second-order valence-electron chi connectivity index (χ2n) is 6.12. The lowest BCUT2D eigenvalue weighted by Gasteiger charge is -2.13. The number of rotatable bonds is 9. The summed E-state index contributed by atoms with van der Waals surface area (Å²) < 4.78 is 5.64. The van der Waals surface area contributed by atoms with Gasteiger partial charge in [-0.05, 0) is 24.4 Å². The zero-order valence-electron chi connectivity index (χ0n) is 13.6. The van der Waals surface area contributed by atoms with Gasteiger partial charge in [0.25, 0.3) is 5.91 Å². The van der Waals surface area contributed by atoms with E-state index in [0.29, 0.717) is 18.4 Å². The lowest BCUT2D eigenvalue weighted by Crippen LogP contribution is -2.32. The van der Waals surface area contributed by atoms with Gasteiger partial charge in [0.2, 0.25) is 0 Å². The molecule has 0 spiro atoms. The summed E-state index contributed by atoms with van der Waals surface area (Å²) in [6, 6.07) is 7.84. The minimum atomic E-state index is -0.0753. The third-order valence-electron chi connectivity index (χ3n) is 2.91. The number of carbonyl (C=O) groups excluding carboxylic acids is 1. The van der Waals surface area contributed by atoms with Gasteiger partial charge in [-0.25, -0.2) is 0 Å². The van der Waals surface area contributed by atoms with E-state index in [9.17, 15) is 4.79 Å². The molecule has 0 radical (unpaired) electrons. The summed E-state index contributed by atoms with van der Waals surface area (Å²) in [5.41, 5.74) is 1.08. The molecular weight excluding hydrogens is 264 g/mol. The maximum absolute atomic E-state index is 11.7. The molecule has 1 rings (SSSR count). The summed E-state index contributed by atoms with van der Waals surface area (Å²) in [7, 11) is 0. The molecule has 0 aromatic heterocycles. The van der Waals surface area contributed by atoms with E-state index in [0.717, 1.165) is 24.4 Å². The maximum atomic E-state index is 11.7. The van der Waals surface area contributed by atoms with Gasteiger partial charge in [0, 0.05) is 18.7 Å². The van der Waals surface area contributed by atoms with E-state index in [-0.39, 0.29) is 12.5 Å². The predicted molar refractivity (Wildman–Crippen MR) is 86.3 cm³/mol. The molecule has 4 nitrogen and oxygen atoms in total. The van der Waals surface area contributed by atoms with Crippen molar-refractivity contribution in [3.63, 3.8) is 0 Å². The van der Waals surface area contributed by atoms with Crippen molar-refractivity contribution in [1.29, 1.82) is 0 Å². The number of nitrogens with one attached hydrogen (secondary N) is 2. The van der Waals surface area contributed by atoms with Crippen molar-refractivity contribution in [2.24, 2.45) is 11.8 Å². The topological polar surface area (TPSA) is 50.4 Å². The Morgan fingerprint density at radius 3 is 2.43 bits per heavy atom. The minimum Gasteiger partial charge on any atom is -0.483 e. The van der Waals surface area contributed by atoms with Crippen molar-refractivity contribution in [1.82, 2.24) is 10.6 Å². The van der Waals surface area contributed by atoms with Crippen LogP contribution in [0.5, 0.6) is 5.75 Å². The Balaban J connectivity index is 2.45. The lowest BCUT2D eigenvalue weighted by atomic mass is 10.2. The molecule has 0 fully saturated rings. The summed E-state index contributed by atoms with van der Waals surface area (Å²) in [6.45, 7) is 10.9. The molecule has 0 unspecified atom stereocenters. The van der Waals surface area contributed by atoms with Gasteiger partial charge in [-0.1, -0.05) is 45.9 Å². The van der Waals surface area contributed by atoms with Crippen molar-refractivity contribution in [3.8, 4) is 5.75 Å². The molecule has 118 valence electrons. The Kier molecular flexibility index (Phi) is 7.83. The fourth-order valence-electron chi connectivity index (χ4n) is 1.80. The van der Waals surface area contributed by atoms with Gasteiger partial charge < -0.3 is 15.4 Å². The van der Waals surface area contributed by atoms with Crippen LogP contribution in [-0.4, -0.2) is 25.6 Å². The Morgan fingerprint density at radius 2 is 1.76 bits per heavy atom. The second kappa shape index (κ2) is 9.40. The summed E-state index contributed by atoms with van der Waals surface area (Å²) in [4.78, 5) is 11.7. The highest BCUT2D eigenvalue weighted by Gasteiger charge is 2.07. The van der Waals surface area contributed by atoms with Crippen molar-refractivity contribution >= 4 is 5.91 Å². The molecule has 0 atom stereocenters. The van der Waals surface area contributed by atoms with E-state index >= 15 is 0 Å². The summed E-state index contributed by atoms with van der Waals surface area (Å²) >= 11 is 0. The monoisotopic (exact) mass is 292 g/mol. The van der Waals surface area contributed by atoms with E-state index in [4.69, 9.17) is 4.74 Å². The molecule has 0 bridgehead atoms. The van der Waals surface area contributed by atoms with Gasteiger partial charge >= 0.3 is 0 Å². The molecule has 21 heavy (non-hydrogen) atoms. The first-order valence-electron chi connectivity index (χ1n) is 7.67. The second-order valence-corrected chi connectivity index (χ2v) is 6.12. The van der Waals surface area contributed by atoms with Crippen LogP contribution in [0.1, 0.15) is 33.3 Å². The number of para-hydroxylation sites is 1. The van der Waals surface area contributed by atoms with E-state index in [1.54, 1.807) is 0 Å². The summed E-state index contributed by atoms with van der Waals surface area (Å²) in [6.07, 6.45) is 0. The third kappa shape index (κ3) is 7.71. The van der Waals surface area contributed by atoms with Gasteiger partial charge in [-0.15, -0.1) is 0 Å². The van der Waals surface area contributed by atoms with Crippen LogP contribution in [0.4, 0.5) is 0 Å². The van der Waals surface area contributed by atoms with Crippen molar-refractivity contribution < 1.29 is 9.53 Å². The van der Waals surface area contributed by atoms with Crippen molar-refractivity contribution in [2.75, 3.05) is 19.7 Å². The molecular formula is C17H28N2O2. The van der Waals surface area contributed by atoms with Crippen LogP contribution in [0.3, 0.4) is 0 Å². The normalized spacial score (nSPS) is 11.0. The predicted octanol–water partition coefficient (Wildman–Crippen LogP) is 2.58. The van der Waals surface area contributed by atoms with Crippen LogP contribution in [0, 0.1) is 11.8 Å². The molecule has 0 aliphatic carbocycles. The fraction of sp³-hybridized carbons (Fsp3) is 0.588. The van der Waals surface area contributed by atoms with Gasteiger partial charge in [0.1, 0.15) is 5.75 Å². The maximum Gasteiger partial charge on any atom is 0.257 e. The highest BCUT2D eigenvalue weighted by molar-refractivity contribution is 5.77. The molecule has 0 aliphatic heterocycles. The van der Waals surface area contributed by atoms with Crippen LogP contribution in [0.25, 0.3) is 0 Å². The first-order valence-corrected chi connectivity index (χ1v) is 7.67. The number of amides is 1. The molecule has 0 aliphatic rings. The Hall–Kier alpha value is -1.55. The third-order valence-corrected chi connectivity index (χ3v) is 2.91. The van der Waals surface area contributed by atoms with Gasteiger partial charge in [-0.2, -0.15) is 0 Å². The number of benzene rings is 1. The number of carbonyl (C=O) groups is 1. The highest BCUT2D eigenvalue weighted by atomic mass is 16.5. The summed E-state index contributed by atoms with van der Waals surface area (Å²) in [5.74, 6) is 1.75. The first-order chi connectivity index (χ1) is 9.99. The molecule has 1 aromatic carbocycles. The quantitative estimate of drug-likeness (QED) is 0.735. The number of ether oxygens (including phenoxy) is 1. The summed E-state index contributed by atoms with van der Waals surface area (Å²) in [5, 5.41) is 6.24. The average molecular weight is 292 g/mol. The molecule has 1 amide bonds. The van der Waals surface area contributed by atoms with Crippen LogP contribution in [-0.2, 0) is 11.3 Å². The molecule has 0 saturated heterocycles. The van der Waals surface area contributed by atoms with Gasteiger partial charge in [0.05, 0.1) is 0 Å². The minimum absolute atomic E-state index is 0.0634. The van der Waals surface area contributed by atoms with Crippen LogP contribution >= 0.6 is 0 Å². The largest absolute Gasteiger partial charge is 0.483 e. The molecule has 0 saturated carbocycles. The standard InChI is InChI=1S/C17H28N2O2/c1-13(2)9-18-11-15-7-5-6-8-16(15)21-12-17(20)19-10-14(3)4/h5-8,13-14,18H,9-12H2,1-4H3,(H,19,20). The highest BCUT2D eigenvalue weighted by Crippen LogP contribution is 2.17. The lowest BCUT2D eigenvalue weighted by molar-refractivity contribution is -0.123. The SMILES string of the molecule is CC(C)CNCc1ccccc1OCC(=O)NCC(C)C. The Bertz CT molecular complexity index is 431. The van der Waals surface area contributed by atoms with E-state index in [1.165, 1.54) is 0 Å². The van der Waals surface area contributed by atoms with Crippen LogP contribution < -0.4 is 15.4 Å². The molecule has 4 heteroatoms. The number of hydrogen-bond donors (Lipinski definition) is 2. The zero-order chi connectivity index (χ0) is 15.7. The van der Waals surface area contributed by atoms with E-state index in [2.05, 4.69) is 38.3 Å². The smallest absolute Gasteiger partial charge is 0.257 e.